The molecule has 1 heterocycles. The van der Waals surface area contributed by atoms with Crippen molar-refractivity contribution in [1.82, 2.24) is 14.8 Å². The van der Waals surface area contributed by atoms with Gasteiger partial charge in [-0.15, -0.1) is 10.2 Å². The predicted octanol–water partition coefficient (Wildman–Crippen LogP) is 5.98. The molecule has 0 fully saturated rings. The highest BCUT2D eigenvalue weighted by molar-refractivity contribution is 14.1. The largest absolute Gasteiger partial charge is 0.483 e. The van der Waals surface area contributed by atoms with Gasteiger partial charge in [-0.05, 0) is 83.3 Å². The van der Waals surface area contributed by atoms with E-state index in [1.165, 1.54) is 17.3 Å². The number of amides is 1. The van der Waals surface area contributed by atoms with E-state index < -0.39 is 0 Å². The summed E-state index contributed by atoms with van der Waals surface area (Å²) in [5.41, 5.74) is 3.27. The highest BCUT2D eigenvalue weighted by atomic mass is 127. The fraction of sp³-hybridized carbons (Fsp3) is 0.375. The molecule has 0 saturated carbocycles. The maximum absolute atomic E-state index is 12.6. The quantitative estimate of drug-likeness (QED) is 0.256. The zero-order valence-electron chi connectivity index (χ0n) is 19.1. The Morgan fingerprint density at radius 1 is 1.16 bits per heavy atom. The van der Waals surface area contributed by atoms with Gasteiger partial charge < -0.3 is 14.6 Å². The molecular formula is C24H29IN4O2S. The number of ether oxygens (including phenoxy) is 1. The second-order valence-corrected chi connectivity index (χ2v) is 10.1. The van der Waals surface area contributed by atoms with Crippen LogP contribution in [0.1, 0.15) is 56.7 Å². The monoisotopic (exact) mass is 564 g/mol. The molecule has 6 nitrogen and oxygen atoms in total. The summed E-state index contributed by atoms with van der Waals surface area (Å²) in [5.74, 6) is 2.03. The maximum atomic E-state index is 12.6. The molecule has 0 spiro atoms. The van der Waals surface area contributed by atoms with Crippen LogP contribution in [0.25, 0.3) is 0 Å². The molecule has 1 atom stereocenters. The average molecular weight is 564 g/mol. The van der Waals surface area contributed by atoms with E-state index in [0.29, 0.717) is 16.9 Å². The number of anilines is 1. The van der Waals surface area contributed by atoms with Gasteiger partial charge in [-0.1, -0.05) is 44.7 Å². The van der Waals surface area contributed by atoms with E-state index in [0.717, 1.165) is 27.0 Å². The van der Waals surface area contributed by atoms with E-state index in [-0.39, 0.29) is 17.8 Å². The van der Waals surface area contributed by atoms with Gasteiger partial charge in [0.05, 0.1) is 5.75 Å². The minimum absolute atomic E-state index is 0.0667. The highest BCUT2D eigenvalue weighted by Gasteiger charge is 2.18. The third-order valence-electron chi connectivity index (χ3n) is 5.12. The van der Waals surface area contributed by atoms with Gasteiger partial charge in [-0.2, -0.15) is 0 Å². The number of thioether (sulfide) groups is 1. The molecule has 0 saturated heterocycles. The molecule has 0 bridgehead atoms. The van der Waals surface area contributed by atoms with Crippen molar-refractivity contribution >= 4 is 45.9 Å². The molecule has 3 aromatic rings. The van der Waals surface area contributed by atoms with Gasteiger partial charge in [-0.25, -0.2) is 0 Å². The Bertz CT molecular complexity index is 1070. The van der Waals surface area contributed by atoms with Gasteiger partial charge >= 0.3 is 0 Å². The number of carbonyl (C=O) groups is 1. The van der Waals surface area contributed by atoms with Gasteiger partial charge in [0.2, 0.25) is 5.91 Å². The summed E-state index contributed by atoms with van der Waals surface area (Å²) in [6.07, 6.45) is 0.735. The number of aromatic nitrogens is 3. The lowest BCUT2D eigenvalue weighted by molar-refractivity contribution is -0.113. The molecule has 0 aliphatic rings. The Kier molecular flexibility index (Phi) is 8.58. The van der Waals surface area contributed by atoms with Gasteiger partial charge in [-0.3, -0.25) is 4.79 Å². The van der Waals surface area contributed by atoms with Crippen molar-refractivity contribution < 1.29 is 9.53 Å². The van der Waals surface area contributed by atoms with Crippen LogP contribution in [0.4, 0.5) is 5.69 Å². The molecule has 1 aromatic heterocycles. The van der Waals surface area contributed by atoms with Crippen molar-refractivity contribution in [3.8, 4) is 5.75 Å². The minimum atomic E-state index is -0.261. The molecule has 8 heteroatoms. The van der Waals surface area contributed by atoms with Crippen LogP contribution in [0.3, 0.4) is 0 Å². The van der Waals surface area contributed by atoms with E-state index in [1.54, 1.807) is 0 Å². The van der Waals surface area contributed by atoms with Crippen molar-refractivity contribution in [2.24, 2.45) is 7.05 Å². The van der Waals surface area contributed by atoms with Crippen molar-refractivity contribution in [1.29, 1.82) is 0 Å². The number of aryl methyl sites for hydroxylation is 1. The summed E-state index contributed by atoms with van der Waals surface area (Å²) in [7, 11) is 1.89. The van der Waals surface area contributed by atoms with Gasteiger partial charge in [0.15, 0.2) is 17.1 Å². The lowest BCUT2D eigenvalue weighted by Gasteiger charge is -2.15. The second-order valence-electron chi connectivity index (χ2n) is 7.88. The fourth-order valence-electron chi connectivity index (χ4n) is 3.31. The van der Waals surface area contributed by atoms with Crippen molar-refractivity contribution in [2.75, 3.05) is 11.1 Å². The first-order valence-electron chi connectivity index (χ1n) is 10.7. The topological polar surface area (TPSA) is 69.0 Å². The summed E-state index contributed by atoms with van der Waals surface area (Å²) in [5, 5.41) is 12.3. The van der Waals surface area contributed by atoms with Crippen LogP contribution in [-0.2, 0) is 18.3 Å². The van der Waals surface area contributed by atoms with E-state index in [2.05, 4.69) is 77.1 Å². The number of rotatable bonds is 9. The van der Waals surface area contributed by atoms with E-state index in [9.17, 15) is 4.79 Å². The Labute approximate surface area is 207 Å². The number of benzene rings is 2. The van der Waals surface area contributed by atoms with Crippen molar-refractivity contribution in [3.63, 3.8) is 0 Å². The summed E-state index contributed by atoms with van der Waals surface area (Å²) in [6.45, 7) is 8.32. The second kappa shape index (κ2) is 11.2. The first kappa shape index (κ1) is 24.6. The Hall–Kier alpha value is -2.07. The van der Waals surface area contributed by atoms with Crippen LogP contribution in [0.5, 0.6) is 5.75 Å². The number of nitrogens with zero attached hydrogens (tertiary/aromatic N) is 3. The molecule has 32 heavy (non-hydrogen) atoms. The highest BCUT2D eigenvalue weighted by Crippen LogP contribution is 2.27. The zero-order valence-corrected chi connectivity index (χ0v) is 22.0. The lowest BCUT2D eigenvalue weighted by Crippen LogP contribution is -2.16. The van der Waals surface area contributed by atoms with Crippen molar-refractivity contribution in [3.05, 3.63) is 63.0 Å². The number of hydrogen-bond acceptors (Lipinski definition) is 5. The van der Waals surface area contributed by atoms with Crippen LogP contribution in [-0.4, -0.2) is 26.4 Å². The van der Waals surface area contributed by atoms with Crippen molar-refractivity contribution in [2.45, 2.75) is 51.3 Å². The molecule has 1 amide bonds. The maximum Gasteiger partial charge on any atom is 0.234 e. The molecule has 2 aromatic carbocycles. The smallest absolute Gasteiger partial charge is 0.234 e. The van der Waals surface area contributed by atoms with Crippen LogP contribution in [0.15, 0.2) is 47.6 Å². The number of hydrogen-bond donors (Lipinski definition) is 1. The van der Waals surface area contributed by atoms with Crippen LogP contribution >= 0.6 is 34.4 Å². The number of halogens is 1. The first-order valence-corrected chi connectivity index (χ1v) is 12.7. The average Bonchev–Trinajstić information content (AvgIpc) is 3.14. The lowest BCUT2D eigenvalue weighted by atomic mass is 10.0. The molecule has 0 unspecified atom stereocenters. The third kappa shape index (κ3) is 6.25. The van der Waals surface area contributed by atoms with Crippen LogP contribution in [0.2, 0.25) is 0 Å². The summed E-state index contributed by atoms with van der Waals surface area (Å²) < 4.78 is 9.07. The van der Waals surface area contributed by atoms with E-state index >= 15 is 0 Å². The molecule has 1 N–H and O–H groups in total. The van der Waals surface area contributed by atoms with Gasteiger partial charge in [0.1, 0.15) is 5.75 Å². The van der Waals surface area contributed by atoms with Crippen LogP contribution in [0, 0.1) is 3.57 Å². The minimum Gasteiger partial charge on any atom is -0.483 e. The molecule has 3 rings (SSSR count). The zero-order chi connectivity index (χ0) is 23.3. The summed E-state index contributed by atoms with van der Waals surface area (Å²) in [6, 6.07) is 14.2. The first-order chi connectivity index (χ1) is 15.3. The standard InChI is InChI=1S/C24H29IN4O2S/c1-6-17-7-10-19(11-8-17)31-16(4)23-27-28-24(29(23)5)32-14-22(30)26-21-12-9-18(25)13-20(21)15(2)3/h7-13,15-16H,6,14H2,1-5H3,(H,26,30)/t16-/m1/s1. The molecule has 0 aliphatic heterocycles. The third-order valence-corrected chi connectivity index (χ3v) is 6.81. The fourth-order valence-corrected chi connectivity index (χ4v) is 4.54. The molecule has 0 radical (unpaired) electrons. The van der Waals surface area contributed by atoms with Gasteiger partial charge in [0.25, 0.3) is 0 Å². The number of carbonyl (C=O) groups excluding carboxylic acids is 1. The molecular weight excluding hydrogens is 535 g/mol. The van der Waals surface area contributed by atoms with E-state index in [1.807, 2.05) is 42.8 Å². The SMILES string of the molecule is CCc1ccc(O[C@H](C)c2nnc(SCC(=O)Nc3ccc(I)cc3C(C)C)n2C)cc1. The Morgan fingerprint density at radius 2 is 1.88 bits per heavy atom. The normalized spacial score (nSPS) is 12.1. The Morgan fingerprint density at radius 3 is 2.53 bits per heavy atom. The summed E-state index contributed by atoms with van der Waals surface area (Å²) >= 11 is 3.65. The number of nitrogens with one attached hydrogen (secondary N) is 1. The molecule has 0 aliphatic carbocycles. The Balaban J connectivity index is 1.60. The molecule has 170 valence electrons. The van der Waals surface area contributed by atoms with Gasteiger partial charge in [0, 0.05) is 16.3 Å². The van der Waals surface area contributed by atoms with Crippen LogP contribution < -0.4 is 10.1 Å². The van der Waals surface area contributed by atoms with E-state index in [4.69, 9.17) is 4.74 Å². The predicted molar refractivity (Wildman–Crippen MR) is 138 cm³/mol. The summed E-state index contributed by atoms with van der Waals surface area (Å²) in [4.78, 5) is 12.6.